The fourth-order valence-corrected chi connectivity index (χ4v) is 3.24. The molecule has 2 atom stereocenters. The molecule has 1 aliphatic heterocycles. The van der Waals surface area contributed by atoms with Gasteiger partial charge in [-0.15, -0.1) is 0 Å². The van der Waals surface area contributed by atoms with Gasteiger partial charge in [-0.05, 0) is 51.0 Å². The number of carbonyl (C=O) groups is 2. The van der Waals surface area contributed by atoms with E-state index in [-0.39, 0.29) is 17.7 Å². The van der Waals surface area contributed by atoms with Gasteiger partial charge in [-0.25, -0.2) is 0 Å². The van der Waals surface area contributed by atoms with Crippen LogP contribution in [0.5, 0.6) is 0 Å². The third-order valence-corrected chi connectivity index (χ3v) is 4.95. The molecule has 0 aliphatic carbocycles. The van der Waals surface area contributed by atoms with E-state index in [2.05, 4.69) is 30.1 Å². The van der Waals surface area contributed by atoms with E-state index < -0.39 is 0 Å². The van der Waals surface area contributed by atoms with E-state index >= 15 is 0 Å². The van der Waals surface area contributed by atoms with E-state index in [0.717, 1.165) is 25.1 Å². The molecule has 0 radical (unpaired) electrons. The number of hydrogen-bond donors (Lipinski definition) is 1. The second kappa shape index (κ2) is 8.99. The van der Waals surface area contributed by atoms with Gasteiger partial charge in [0.05, 0.1) is 5.92 Å². The maximum Gasteiger partial charge on any atom is 0.227 e. The van der Waals surface area contributed by atoms with Crippen LogP contribution < -0.4 is 10.2 Å². The number of amides is 2. The van der Waals surface area contributed by atoms with Gasteiger partial charge in [-0.2, -0.15) is 0 Å². The molecule has 2 rings (SSSR count). The molecule has 2 unspecified atom stereocenters. The van der Waals surface area contributed by atoms with E-state index in [1.165, 1.54) is 5.56 Å². The van der Waals surface area contributed by atoms with Crippen molar-refractivity contribution in [3.05, 3.63) is 29.8 Å². The molecule has 1 aromatic rings. The van der Waals surface area contributed by atoms with Crippen LogP contribution in [0.2, 0.25) is 0 Å². The van der Waals surface area contributed by atoms with Crippen LogP contribution >= 0.6 is 0 Å². The molecule has 0 spiro atoms. The molecule has 1 aromatic carbocycles. The number of para-hydroxylation sites is 1. The first-order valence-electron chi connectivity index (χ1n) is 9.25. The van der Waals surface area contributed by atoms with E-state index in [4.69, 9.17) is 0 Å². The highest BCUT2D eigenvalue weighted by molar-refractivity contribution is 6.00. The Morgan fingerprint density at radius 2 is 2.08 bits per heavy atom. The fourth-order valence-electron chi connectivity index (χ4n) is 3.24. The van der Waals surface area contributed by atoms with Gasteiger partial charge in [-0.3, -0.25) is 9.59 Å². The third-order valence-electron chi connectivity index (χ3n) is 4.95. The lowest BCUT2D eigenvalue weighted by Crippen LogP contribution is -2.34. The van der Waals surface area contributed by atoms with Crippen LogP contribution in [-0.4, -0.2) is 50.4 Å². The van der Waals surface area contributed by atoms with E-state index in [1.54, 1.807) is 4.90 Å². The average Bonchev–Trinajstić information content (AvgIpc) is 2.99. The molecule has 1 fully saturated rings. The highest BCUT2D eigenvalue weighted by Gasteiger charge is 2.36. The summed E-state index contributed by atoms with van der Waals surface area (Å²) in [7, 11) is 4.04. The van der Waals surface area contributed by atoms with Crippen LogP contribution in [-0.2, 0) is 9.59 Å². The van der Waals surface area contributed by atoms with Crippen LogP contribution in [0.3, 0.4) is 0 Å². The second-order valence-electron chi connectivity index (χ2n) is 7.22. The zero-order valence-electron chi connectivity index (χ0n) is 15.9. The van der Waals surface area contributed by atoms with Crippen molar-refractivity contribution in [2.75, 3.05) is 38.6 Å². The first-order chi connectivity index (χ1) is 11.9. The van der Waals surface area contributed by atoms with Crippen molar-refractivity contribution in [3.63, 3.8) is 0 Å². The number of nitrogens with one attached hydrogen (secondary N) is 1. The lowest BCUT2D eigenvalue weighted by molar-refractivity contribution is -0.126. The molecular weight excluding hydrogens is 314 g/mol. The Bertz CT molecular complexity index is 600. The van der Waals surface area contributed by atoms with E-state index in [1.807, 2.05) is 32.3 Å². The Morgan fingerprint density at radius 1 is 1.36 bits per heavy atom. The Kier molecular flexibility index (Phi) is 7.00. The van der Waals surface area contributed by atoms with Crippen LogP contribution in [0.25, 0.3) is 0 Å². The summed E-state index contributed by atoms with van der Waals surface area (Å²) in [4.78, 5) is 28.8. The first kappa shape index (κ1) is 19.4. The number of benzene rings is 1. The van der Waals surface area contributed by atoms with Gasteiger partial charge in [0.25, 0.3) is 0 Å². The normalized spacial score (nSPS) is 18.7. The molecule has 1 aliphatic rings. The molecule has 1 heterocycles. The molecule has 5 nitrogen and oxygen atoms in total. The minimum absolute atomic E-state index is 0.00405. The molecule has 0 aromatic heterocycles. The standard InChI is InChI=1S/C20H31N3O2/c1-5-15(2)17-9-6-7-10-18(17)23-14-16(13-19(23)24)20(25)21-11-8-12-22(3)4/h6-7,9-10,15-16H,5,8,11-14H2,1-4H3,(H,21,25). The molecular formula is C20H31N3O2. The van der Waals surface area contributed by atoms with Crippen molar-refractivity contribution in [2.24, 2.45) is 5.92 Å². The lowest BCUT2D eigenvalue weighted by Gasteiger charge is -2.23. The van der Waals surface area contributed by atoms with Crippen LogP contribution in [0.1, 0.15) is 44.6 Å². The van der Waals surface area contributed by atoms with Gasteiger partial charge in [-0.1, -0.05) is 32.0 Å². The van der Waals surface area contributed by atoms with Gasteiger partial charge in [0.1, 0.15) is 0 Å². The SMILES string of the molecule is CCC(C)c1ccccc1N1CC(C(=O)NCCCN(C)C)CC1=O. The Labute approximate surface area is 151 Å². The molecule has 25 heavy (non-hydrogen) atoms. The van der Waals surface area contributed by atoms with Gasteiger partial charge in [0.2, 0.25) is 11.8 Å². The fraction of sp³-hybridized carbons (Fsp3) is 0.600. The van der Waals surface area contributed by atoms with Crippen molar-refractivity contribution in [1.82, 2.24) is 10.2 Å². The van der Waals surface area contributed by atoms with Crippen molar-refractivity contribution < 1.29 is 9.59 Å². The summed E-state index contributed by atoms with van der Waals surface area (Å²) >= 11 is 0. The maximum atomic E-state index is 12.5. The first-order valence-corrected chi connectivity index (χ1v) is 9.25. The van der Waals surface area contributed by atoms with Crippen LogP contribution in [0.15, 0.2) is 24.3 Å². The summed E-state index contributed by atoms with van der Waals surface area (Å²) in [5.41, 5.74) is 2.15. The largest absolute Gasteiger partial charge is 0.356 e. The summed E-state index contributed by atoms with van der Waals surface area (Å²) in [6.07, 6.45) is 2.24. The highest BCUT2D eigenvalue weighted by atomic mass is 16.2. The zero-order chi connectivity index (χ0) is 18.4. The summed E-state index contributed by atoms with van der Waals surface area (Å²) in [5, 5.41) is 2.98. The molecule has 1 saturated heterocycles. The summed E-state index contributed by atoms with van der Waals surface area (Å²) in [6.45, 7) is 6.40. The van der Waals surface area contributed by atoms with Crippen molar-refractivity contribution in [1.29, 1.82) is 0 Å². The molecule has 138 valence electrons. The lowest BCUT2D eigenvalue weighted by atomic mass is 9.96. The zero-order valence-corrected chi connectivity index (χ0v) is 15.9. The number of anilines is 1. The Hall–Kier alpha value is -1.88. The van der Waals surface area contributed by atoms with Crippen LogP contribution in [0.4, 0.5) is 5.69 Å². The van der Waals surface area contributed by atoms with Crippen molar-refractivity contribution in [3.8, 4) is 0 Å². The predicted octanol–water partition coefficient (Wildman–Crippen LogP) is 2.62. The second-order valence-corrected chi connectivity index (χ2v) is 7.22. The summed E-state index contributed by atoms with van der Waals surface area (Å²) < 4.78 is 0. The smallest absolute Gasteiger partial charge is 0.227 e. The minimum atomic E-state index is -0.253. The maximum absolute atomic E-state index is 12.5. The van der Waals surface area contributed by atoms with Crippen molar-refractivity contribution >= 4 is 17.5 Å². The van der Waals surface area contributed by atoms with Gasteiger partial charge in [0, 0.05) is 25.2 Å². The minimum Gasteiger partial charge on any atom is -0.356 e. The topological polar surface area (TPSA) is 52.7 Å². The molecule has 1 N–H and O–H groups in total. The molecule has 2 amide bonds. The molecule has 0 saturated carbocycles. The predicted molar refractivity (Wildman–Crippen MR) is 102 cm³/mol. The number of carbonyl (C=O) groups excluding carboxylic acids is 2. The third kappa shape index (κ3) is 5.05. The summed E-state index contributed by atoms with van der Waals surface area (Å²) in [5.74, 6) is 0.180. The average molecular weight is 345 g/mol. The van der Waals surface area contributed by atoms with Gasteiger partial charge in [0.15, 0.2) is 0 Å². The number of rotatable bonds is 8. The Morgan fingerprint density at radius 3 is 2.76 bits per heavy atom. The monoisotopic (exact) mass is 345 g/mol. The van der Waals surface area contributed by atoms with Gasteiger partial charge >= 0.3 is 0 Å². The van der Waals surface area contributed by atoms with E-state index in [9.17, 15) is 9.59 Å². The number of hydrogen-bond acceptors (Lipinski definition) is 3. The summed E-state index contributed by atoms with van der Waals surface area (Å²) in [6, 6.07) is 8.06. The highest BCUT2D eigenvalue weighted by Crippen LogP contribution is 2.33. The quantitative estimate of drug-likeness (QED) is 0.737. The molecule has 0 bridgehead atoms. The number of nitrogens with zero attached hydrogens (tertiary/aromatic N) is 2. The Balaban J connectivity index is 2.00. The van der Waals surface area contributed by atoms with E-state index in [0.29, 0.717) is 25.4 Å². The molecule has 5 heteroatoms. The van der Waals surface area contributed by atoms with Crippen LogP contribution in [0, 0.1) is 5.92 Å². The van der Waals surface area contributed by atoms with Gasteiger partial charge < -0.3 is 15.1 Å². The van der Waals surface area contributed by atoms with Crippen molar-refractivity contribution in [2.45, 2.75) is 39.0 Å².